The Morgan fingerprint density at radius 3 is 2.39 bits per heavy atom. The molecule has 1 aliphatic rings. The number of nitrogens with zero attached hydrogens (tertiary/aromatic N) is 1. The molecule has 0 heterocycles. The Hall–Kier alpha value is -0.570. The molecule has 0 unspecified atom stereocenters. The lowest BCUT2D eigenvalue weighted by atomic mass is 10.1. The van der Waals surface area contributed by atoms with E-state index in [1.807, 2.05) is 0 Å². The van der Waals surface area contributed by atoms with E-state index in [4.69, 9.17) is 5.73 Å². The van der Waals surface area contributed by atoms with Crippen molar-refractivity contribution in [3.8, 4) is 0 Å². The van der Waals surface area contributed by atoms with E-state index in [0.717, 1.165) is 25.6 Å². The quantitative estimate of drug-likeness (QED) is 0.859. The molecule has 18 heavy (non-hydrogen) atoms. The molecular weight excluding hydrogens is 244 g/mol. The number of hydrogen-bond donors (Lipinski definition) is 1. The van der Waals surface area contributed by atoms with Gasteiger partial charge in [-0.3, -0.25) is 4.90 Å². The molecule has 0 bridgehead atoms. The van der Waals surface area contributed by atoms with Gasteiger partial charge in [-0.15, -0.1) is 12.4 Å². The van der Waals surface area contributed by atoms with Gasteiger partial charge in [0.2, 0.25) is 0 Å². The van der Waals surface area contributed by atoms with Gasteiger partial charge in [0.25, 0.3) is 0 Å². The Kier molecular flexibility index (Phi) is 7.33. The molecule has 1 aromatic carbocycles. The maximum atomic E-state index is 5.72. The van der Waals surface area contributed by atoms with Crippen LogP contribution in [0, 0.1) is 5.92 Å². The molecule has 1 aromatic rings. The third-order valence-electron chi connectivity index (χ3n) is 3.69. The third-order valence-corrected chi connectivity index (χ3v) is 3.69. The highest BCUT2D eigenvalue weighted by Gasteiger charge is 2.18. The molecule has 1 saturated carbocycles. The van der Waals surface area contributed by atoms with Gasteiger partial charge in [-0.05, 0) is 24.3 Å². The molecule has 0 atom stereocenters. The van der Waals surface area contributed by atoms with Crippen LogP contribution in [0.15, 0.2) is 30.3 Å². The Labute approximate surface area is 117 Å². The second-order valence-electron chi connectivity index (χ2n) is 5.16. The van der Waals surface area contributed by atoms with E-state index in [-0.39, 0.29) is 12.4 Å². The van der Waals surface area contributed by atoms with Crippen molar-refractivity contribution in [2.75, 3.05) is 19.6 Å². The summed E-state index contributed by atoms with van der Waals surface area (Å²) in [6, 6.07) is 10.7. The lowest BCUT2D eigenvalue weighted by Gasteiger charge is -2.25. The molecule has 0 saturated heterocycles. The van der Waals surface area contributed by atoms with Crippen LogP contribution in [0.2, 0.25) is 0 Å². The van der Waals surface area contributed by atoms with E-state index in [1.54, 1.807) is 0 Å². The molecule has 1 fully saturated rings. The molecule has 2 rings (SSSR count). The van der Waals surface area contributed by atoms with Gasteiger partial charge in [0.1, 0.15) is 0 Å². The van der Waals surface area contributed by atoms with E-state index < -0.39 is 0 Å². The van der Waals surface area contributed by atoms with Crippen molar-refractivity contribution in [2.24, 2.45) is 11.7 Å². The number of hydrogen-bond acceptors (Lipinski definition) is 2. The fourth-order valence-electron chi connectivity index (χ4n) is 2.82. The number of rotatable bonds is 6. The SMILES string of the molecule is Cl.NCCN(Cc1ccccc1)CC1CCCC1. The zero-order chi connectivity index (χ0) is 11.9. The molecule has 3 heteroatoms. The van der Waals surface area contributed by atoms with Gasteiger partial charge < -0.3 is 5.73 Å². The number of nitrogens with two attached hydrogens (primary N) is 1. The third kappa shape index (κ3) is 4.97. The minimum atomic E-state index is 0. The van der Waals surface area contributed by atoms with Gasteiger partial charge in [-0.25, -0.2) is 0 Å². The van der Waals surface area contributed by atoms with E-state index in [0.29, 0.717) is 0 Å². The number of halogens is 1. The molecule has 0 spiro atoms. The van der Waals surface area contributed by atoms with Crippen LogP contribution in [0.3, 0.4) is 0 Å². The second-order valence-corrected chi connectivity index (χ2v) is 5.16. The van der Waals surface area contributed by atoms with Gasteiger partial charge in [-0.2, -0.15) is 0 Å². The monoisotopic (exact) mass is 268 g/mol. The van der Waals surface area contributed by atoms with Crippen molar-refractivity contribution in [2.45, 2.75) is 32.2 Å². The lowest BCUT2D eigenvalue weighted by Crippen LogP contribution is -2.32. The highest BCUT2D eigenvalue weighted by Crippen LogP contribution is 2.25. The molecule has 102 valence electrons. The van der Waals surface area contributed by atoms with Gasteiger partial charge in [0.15, 0.2) is 0 Å². The van der Waals surface area contributed by atoms with E-state index in [2.05, 4.69) is 35.2 Å². The fraction of sp³-hybridized carbons (Fsp3) is 0.600. The minimum Gasteiger partial charge on any atom is -0.329 e. The van der Waals surface area contributed by atoms with E-state index in [9.17, 15) is 0 Å². The van der Waals surface area contributed by atoms with Crippen molar-refractivity contribution < 1.29 is 0 Å². The second kappa shape index (κ2) is 8.52. The first-order valence-electron chi connectivity index (χ1n) is 6.85. The topological polar surface area (TPSA) is 29.3 Å². The first-order valence-corrected chi connectivity index (χ1v) is 6.85. The Morgan fingerprint density at radius 2 is 1.78 bits per heavy atom. The van der Waals surface area contributed by atoms with Gasteiger partial charge in [0, 0.05) is 26.2 Å². The first kappa shape index (κ1) is 15.5. The minimum absolute atomic E-state index is 0. The van der Waals surface area contributed by atoms with Crippen LogP contribution in [-0.2, 0) is 6.54 Å². The summed E-state index contributed by atoms with van der Waals surface area (Å²) in [6.45, 7) is 4.06. The van der Waals surface area contributed by atoms with Gasteiger partial charge in [0.05, 0.1) is 0 Å². The van der Waals surface area contributed by atoms with Crippen molar-refractivity contribution >= 4 is 12.4 Å². The Bertz CT molecular complexity index is 310. The average molecular weight is 269 g/mol. The van der Waals surface area contributed by atoms with Gasteiger partial charge >= 0.3 is 0 Å². The van der Waals surface area contributed by atoms with Crippen LogP contribution in [0.4, 0.5) is 0 Å². The van der Waals surface area contributed by atoms with Crippen molar-refractivity contribution in [3.63, 3.8) is 0 Å². The molecule has 0 aromatic heterocycles. The highest BCUT2D eigenvalue weighted by molar-refractivity contribution is 5.85. The van der Waals surface area contributed by atoms with Crippen LogP contribution in [0.5, 0.6) is 0 Å². The maximum absolute atomic E-state index is 5.72. The molecular formula is C15H25ClN2. The lowest BCUT2D eigenvalue weighted by molar-refractivity contribution is 0.229. The first-order chi connectivity index (χ1) is 8.38. The summed E-state index contributed by atoms with van der Waals surface area (Å²) in [5.41, 5.74) is 7.12. The Morgan fingerprint density at radius 1 is 1.11 bits per heavy atom. The summed E-state index contributed by atoms with van der Waals surface area (Å²) in [5.74, 6) is 0.908. The summed E-state index contributed by atoms with van der Waals surface area (Å²) >= 11 is 0. The molecule has 0 radical (unpaired) electrons. The largest absolute Gasteiger partial charge is 0.329 e. The van der Waals surface area contributed by atoms with Crippen LogP contribution in [0.25, 0.3) is 0 Å². The number of benzene rings is 1. The zero-order valence-corrected chi connectivity index (χ0v) is 11.9. The average Bonchev–Trinajstić information content (AvgIpc) is 2.83. The molecule has 2 N–H and O–H groups in total. The molecule has 1 aliphatic carbocycles. The van der Waals surface area contributed by atoms with Gasteiger partial charge in [-0.1, -0.05) is 43.2 Å². The summed E-state index contributed by atoms with van der Waals surface area (Å²) in [7, 11) is 0. The van der Waals surface area contributed by atoms with Crippen LogP contribution < -0.4 is 5.73 Å². The Balaban J connectivity index is 0.00000162. The smallest absolute Gasteiger partial charge is 0.0234 e. The van der Waals surface area contributed by atoms with E-state index >= 15 is 0 Å². The fourth-order valence-corrected chi connectivity index (χ4v) is 2.82. The zero-order valence-electron chi connectivity index (χ0n) is 11.1. The summed E-state index contributed by atoms with van der Waals surface area (Å²) in [5, 5.41) is 0. The molecule has 2 nitrogen and oxygen atoms in total. The molecule has 0 aliphatic heterocycles. The van der Waals surface area contributed by atoms with Crippen molar-refractivity contribution in [1.82, 2.24) is 4.90 Å². The summed E-state index contributed by atoms with van der Waals surface area (Å²) < 4.78 is 0. The predicted octanol–water partition coefficient (Wildman–Crippen LogP) is 3.06. The molecule has 0 amide bonds. The van der Waals surface area contributed by atoms with Crippen molar-refractivity contribution in [1.29, 1.82) is 0 Å². The van der Waals surface area contributed by atoms with E-state index in [1.165, 1.54) is 37.8 Å². The van der Waals surface area contributed by atoms with Crippen molar-refractivity contribution in [3.05, 3.63) is 35.9 Å². The van der Waals surface area contributed by atoms with Crippen LogP contribution >= 0.6 is 12.4 Å². The predicted molar refractivity (Wildman–Crippen MR) is 80.0 cm³/mol. The summed E-state index contributed by atoms with van der Waals surface area (Å²) in [4.78, 5) is 2.52. The maximum Gasteiger partial charge on any atom is 0.0234 e. The normalized spacial score (nSPS) is 15.9. The highest BCUT2D eigenvalue weighted by atomic mass is 35.5. The van der Waals surface area contributed by atoms with Crippen LogP contribution in [0.1, 0.15) is 31.2 Å². The summed E-state index contributed by atoms with van der Waals surface area (Å²) in [6.07, 6.45) is 5.67. The van der Waals surface area contributed by atoms with Crippen LogP contribution in [-0.4, -0.2) is 24.5 Å². The standard InChI is InChI=1S/C15H24N2.ClH/c16-10-11-17(13-15-8-4-5-9-15)12-14-6-2-1-3-7-14;/h1-3,6-7,15H,4-5,8-13,16H2;1H.